The molecule has 0 aliphatic heterocycles. The molecule has 0 amide bonds. The van der Waals surface area contributed by atoms with E-state index in [1.54, 1.807) is 11.8 Å². The van der Waals surface area contributed by atoms with E-state index in [0.717, 1.165) is 23.9 Å². The van der Waals surface area contributed by atoms with Crippen LogP contribution in [0.2, 0.25) is 0 Å². The van der Waals surface area contributed by atoms with E-state index in [4.69, 9.17) is 12.2 Å². The van der Waals surface area contributed by atoms with Crippen LogP contribution in [0.5, 0.6) is 0 Å². The third-order valence-electron chi connectivity index (χ3n) is 1.84. The summed E-state index contributed by atoms with van der Waals surface area (Å²) in [4.78, 5) is 4.23. The van der Waals surface area contributed by atoms with Gasteiger partial charge in [0.1, 0.15) is 0 Å². The molecule has 0 aliphatic rings. The number of thioether (sulfide) groups is 1. The summed E-state index contributed by atoms with van der Waals surface area (Å²) in [6.45, 7) is 0.900. The first-order valence-corrected chi connectivity index (χ1v) is 6.19. The SMILES string of the molecule is CNC(=S)NCCCSc1nccn1C. The summed E-state index contributed by atoms with van der Waals surface area (Å²) in [5, 5.41) is 7.75. The van der Waals surface area contributed by atoms with E-state index in [1.807, 2.05) is 31.1 Å². The molecule has 0 saturated heterocycles. The molecule has 84 valence electrons. The monoisotopic (exact) mass is 244 g/mol. The van der Waals surface area contributed by atoms with Gasteiger partial charge >= 0.3 is 0 Å². The molecule has 0 saturated carbocycles. The first-order valence-electron chi connectivity index (χ1n) is 4.79. The number of rotatable bonds is 5. The Labute approximate surface area is 99.8 Å². The van der Waals surface area contributed by atoms with Crippen LogP contribution in [0.25, 0.3) is 0 Å². The standard InChI is InChI=1S/C9H16N4S2/c1-10-8(14)11-4-3-7-15-9-12-5-6-13(9)2/h5-6H,3-4,7H2,1-2H3,(H2,10,11,14). The van der Waals surface area contributed by atoms with Crippen LogP contribution in [-0.4, -0.2) is 34.0 Å². The van der Waals surface area contributed by atoms with Crippen molar-refractivity contribution in [3.05, 3.63) is 12.4 Å². The molecular formula is C9H16N4S2. The molecule has 1 heterocycles. The fourth-order valence-electron chi connectivity index (χ4n) is 1.02. The molecule has 1 aromatic heterocycles. The van der Waals surface area contributed by atoms with Crippen LogP contribution < -0.4 is 10.6 Å². The minimum absolute atomic E-state index is 0.706. The van der Waals surface area contributed by atoms with Crippen molar-refractivity contribution in [2.45, 2.75) is 11.6 Å². The fraction of sp³-hybridized carbons (Fsp3) is 0.556. The average Bonchev–Trinajstić information content (AvgIpc) is 2.63. The van der Waals surface area contributed by atoms with Crippen molar-refractivity contribution in [1.29, 1.82) is 0 Å². The highest BCUT2D eigenvalue weighted by atomic mass is 32.2. The smallest absolute Gasteiger partial charge is 0.167 e. The largest absolute Gasteiger partial charge is 0.366 e. The normalized spacial score (nSPS) is 10.0. The van der Waals surface area contributed by atoms with Gasteiger partial charge < -0.3 is 15.2 Å². The third kappa shape index (κ3) is 4.53. The molecule has 0 radical (unpaired) electrons. The van der Waals surface area contributed by atoms with Crippen LogP contribution in [0, 0.1) is 0 Å². The predicted octanol–water partition coefficient (Wildman–Crippen LogP) is 0.996. The Morgan fingerprint density at radius 3 is 3.07 bits per heavy atom. The number of hydrogen-bond acceptors (Lipinski definition) is 3. The van der Waals surface area contributed by atoms with Crippen LogP contribution in [0.1, 0.15) is 6.42 Å². The first kappa shape index (κ1) is 12.3. The lowest BCUT2D eigenvalue weighted by Crippen LogP contribution is -2.33. The van der Waals surface area contributed by atoms with E-state index in [-0.39, 0.29) is 0 Å². The molecule has 0 fully saturated rings. The summed E-state index contributed by atoms with van der Waals surface area (Å²) < 4.78 is 2.02. The van der Waals surface area contributed by atoms with Crippen molar-refractivity contribution in [2.75, 3.05) is 19.3 Å². The first-order chi connectivity index (χ1) is 7.24. The summed E-state index contributed by atoms with van der Waals surface area (Å²) in [6, 6.07) is 0. The molecule has 6 heteroatoms. The van der Waals surface area contributed by atoms with Gasteiger partial charge in [0.2, 0.25) is 0 Å². The summed E-state index contributed by atoms with van der Waals surface area (Å²) in [5.74, 6) is 1.05. The molecule has 15 heavy (non-hydrogen) atoms. The molecule has 0 atom stereocenters. The molecule has 4 nitrogen and oxygen atoms in total. The van der Waals surface area contributed by atoms with Crippen LogP contribution in [0.15, 0.2) is 17.6 Å². The van der Waals surface area contributed by atoms with Crippen molar-refractivity contribution in [3.8, 4) is 0 Å². The Bertz CT molecular complexity index is 311. The Balaban J connectivity index is 2.07. The second-order valence-corrected chi connectivity index (χ2v) is 4.50. The molecule has 0 aromatic carbocycles. The van der Waals surface area contributed by atoms with Gasteiger partial charge in [-0.3, -0.25) is 0 Å². The molecule has 2 N–H and O–H groups in total. The summed E-state index contributed by atoms with van der Waals surface area (Å²) in [7, 11) is 3.82. The zero-order chi connectivity index (χ0) is 11.1. The van der Waals surface area contributed by atoms with Crippen LogP contribution in [-0.2, 0) is 7.05 Å². The van der Waals surface area contributed by atoms with Gasteiger partial charge in [-0.2, -0.15) is 0 Å². The number of nitrogens with zero attached hydrogens (tertiary/aromatic N) is 2. The highest BCUT2D eigenvalue weighted by molar-refractivity contribution is 7.99. The molecule has 0 bridgehead atoms. The highest BCUT2D eigenvalue weighted by Gasteiger charge is 1.99. The number of thiocarbonyl (C=S) groups is 1. The topological polar surface area (TPSA) is 41.9 Å². The lowest BCUT2D eigenvalue weighted by Gasteiger charge is -2.06. The van der Waals surface area contributed by atoms with Crippen molar-refractivity contribution < 1.29 is 0 Å². The lowest BCUT2D eigenvalue weighted by atomic mass is 10.5. The van der Waals surface area contributed by atoms with Gasteiger partial charge in [0, 0.05) is 38.8 Å². The van der Waals surface area contributed by atoms with Crippen molar-refractivity contribution in [1.82, 2.24) is 20.2 Å². The summed E-state index contributed by atoms with van der Waals surface area (Å²) >= 11 is 6.72. The molecule has 0 spiro atoms. The number of imidazole rings is 1. The number of nitrogens with one attached hydrogen (secondary N) is 2. The number of hydrogen-bond donors (Lipinski definition) is 2. The van der Waals surface area contributed by atoms with Gasteiger partial charge in [-0.05, 0) is 18.6 Å². The molecule has 1 aromatic rings. The predicted molar refractivity (Wildman–Crippen MR) is 68.2 cm³/mol. The lowest BCUT2D eigenvalue weighted by molar-refractivity contribution is 0.784. The molecule has 0 unspecified atom stereocenters. The van der Waals surface area contributed by atoms with E-state index < -0.39 is 0 Å². The van der Waals surface area contributed by atoms with Gasteiger partial charge in [0.15, 0.2) is 10.3 Å². The maximum absolute atomic E-state index is 4.96. The maximum atomic E-state index is 4.96. The van der Waals surface area contributed by atoms with Crippen molar-refractivity contribution in [3.63, 3.8) is 0 Å². The number of aromatic nitrogens is 2. The fourth-order valence-corrected chi connectivity index (χ4v) is 1.99. The minimum atomic E-state index is 0.706. The van der Waals surface area contributed by atoms with Crippen molar-refractivity contribution >= 4 is 29.1 Å². The minimum Gasteiger partial charge on any atom is -0.366 e. The molecular weight excluding hydrogens is 228 g/mol. The number of aryl methyl sites for hydroxylation is 1. The zero-order valence-corrected chi connectivity index (χ0v) is 10.6. The van der Waals surface area contributed by atoms with E-state index in [1.165, 1.54) is 0 Å². The zero-order valence-electron chi connectivity index (χ0n) is 8.99. The maximum Gasteiger partial charge on any atom is 0.167 e. The van der Waals surface area contributed by atoms with Crippen molar-refractivity contribution in [2.24, 2.45) is 7.05 Å². The molecule has 1 rings (SSSR count). The van der Waals surface area contributed by atoms with Gasteiger partial charge in [-0.25, -0.2) is 4.98 Å². The van der Waals surface area contributed by atoms with E-state index in [2.05, 4.69) is 15.6 Å². The second kappa shape index (κ2) is 6.68. The third-order valence-corrected chi connectivity index (χ3v) is 3.33. The van der Waals surface area contributed by atoms with Gasteiger partial charge in [-0.15, -0.1) is 0 Å². The van der Waals surface area contributed by atoms with Gasteiger partial charge in [0.25, 0.3) is 0 Å². The van der Waals surface area contributed by atoms with Gasteiger partial charge in [-0.1, -0.05) is 11.8 Å². The van der Waals surface area contributed by atoms with E-state index in [9.17, 15) is 0 Å². The highest BCUT2D eigenvalue weighted by Crippen LogP contribution is 2.14. The average molecular weight is 244 g/mol. The van der Waals surface area contributed by atoms with Crippen LogP contribution in [0.4, 0.5) is 0 Å². The Morgan fingerprint density at radius 2 is 2.47 bits per heavy atom. The van der Waals surface area contributed by atoms with Gasteiger partial charge in [0.05, 0.1) is 0 Å². The van der Waals surface area contributed by atoms with E-state index in [0.29, 0.717) is 5.11 Å². The van der Waals surface area contributed by atoms with E-state index >= 15 is 0 Å². The summed E-state index contributed by atoms with van der Waals surface area (Å²) in [6.07, 6.45) is 4.84. The van der Waals surface area contributed by atoms with Crippen LogP contribution in [0.3, 0.4) is 0 Å². The molecule has 0 aliphatic carbocycles. The van der Waals surface area contributed by atoms with Crippen LogP contribution >= 0.6 is 24.0 Å². The Kier molecular flexibility index (Phi) is 5.49. The Hall–Kier alpha value is -0.750. The second-order valence-electron chi connectivity index (χ2n) is 3.03. The summed E-state index contributed by atoms with van der Waals surface area (Å²) in [5.41, 5.74) is 0. The Morgan fingerprint density at radius 1 is 1.67 bits per heavy atom. The quantitative estimate of drug-likeness (QED) is 0.459.